The molecule has 1 saturated heterocycles. The van der Waals surface area contributed by atoms with Crippen molar-refractivity contribution >= 4 is 17.6 Å². The fraction of sp³-hybridized carbons (Fsp3) is 0.480. The molecule has 2 aromatic rings. The third-order valence-electron chi connectivity index (χ3n) is 6.87. The van der Waals surface area contributed by atoms with Crippen LogP contribution in [-0.2, 0) is 29.0 Å². The fourth-order valence-corrected chi connectivity index (χ4v) is 4.86. The highest BCUT2D eigenvalue weighted by Crippen LogP contribution is 2.34. The van der Waals surface area contributed by atoms with Gasteiger partial charge in [0.25, 0.3) is 0 Å². The standard InChI is InChI=1S/C25H34N6O2/c1-2-33-23(32)25(8-13-30(14-9-25)22-5-10-28-11-6-22)18-29-16-19-3-4-20-7-12-31(24(26)27)17-21(20)15-19/h3-6,10-11,15,29H,2,7-9,12-14,16-18H2,1H3,(H3,26,27). The van der Waals surface area contributed by atoms with Crippen LogP contribution in [0.4, 0.5) is 5.69 Å². The number of carbonyl (C=O) groups excluding carboxylic acids is 1. The molecule has 1 fully saturated rings. The van der Waals surface area contributed by atoms with Crippen molar-refractivity contribution in [3.63, 3.8) is 0 Å². The Morgan fingerprint density at radius 2 is 1.94 bits per heavy atom. The van der Waals surface area contributed by atoms with E-state index in [1.54, 1.807) is 12.4 Å². The summed E-state index contributed by atoms with van der Waals surface area (Å²) in [6.07, 6.45) is 6.01. The first-order valence-corrected chi connectivity index (χ1v) is 11.7. The highest BCUT2D eigenvalue weighted by atomic mass is 16.5. The Hall–Kier alpha value is -3.13. The van der Waals surface area contributed by atoms with E-state index in [1.165, 1.54) is 16.7 Å². The normalized spacial score (nSPS) is 17.4. The Bertz CT molecular complexity index is 972. The Labute approximate surface area is 195 Å². The molecular formula is C25H34N6O2. The molecule has 1 aromatic carbocycles. The van der Waals surface area contributed by atoms with Crippen LogP contribution in [0.5, 0.6) is 0 Å². The summed E-state index contributed by atoms with van der Waals surface area (Å²) in [5, 5.41) is 11.3. The Morgan fingerprint density at radius 1 is 1.18 bits per heavy atom. The number of pyridine rings is 1. The van der Waals surface area contributed by atoms with Crippen molar-refractivity contribution < 1.29 is 9.53 Å². The number of benzene rings is 1. The van der Waals surface area contributed by atoms with E-state index in [0.717, 1.165) is 44.6 Å². The second kappa shape index (κ2) is 10.2. The van der Waals surface area contributed by atoms with Crippen molar-refractivity contribution in [2.45, 2.75) is 39.3 Å². The van der Waals surface area contributed by atoms with Gasteiger partial charge in [0.1, 0.15) is 0 Å². The molecule has 0 bridgehead atoms. The number of anilines is 1. The minimum atomic E-state index is -0.515. The van der Waals surface area contributed by atoms with Crippen molar-refractivity contribution in [3.05, 3.63) is 59.4 Å². The zero-order valence-electron chi connectivity index (χ0n) is 19.3. The summed E-state index contributed by atoms with van der Waals surface area (Å²) in [4.78, 5) is 21.3. The number of nitrogens with two attached hydrogens (primary N) is 1. The van der Waals surface area contributed by atoms with Crippen LogP contribution in [0.25, 0.3) is 0 Å². The molecule has 0 unspecified atom stereocenters. The molecule has 3 heterocycles. The second-order valence-electron chi connectivity index (χ2n) is 8.96. The summed E-state index contributed by atoms with van der Waals surface area (Å²) in [5.74, 6) is 0.0214. The number of nitrogens with zero attached hydrogens (tertiary/aromatic N) is 3. The zero-order valence-corrected chi connectivity index (χ0v) is 19.3. The first-order valence-electron chi connectivity index (χ1n) is 11.7. The monoisotopic (exact) mass is 450 g/mol. The molecule has 0 radical (unpaired) electrons. The summed E-state index contributed by atoms with van der Waals surface area (Å²) >= 11 is 0. The van der Waals surface area contributed by atoms with Gasteiger partial charge in [0.15, 0.2) is 5.96 Å². The predicted molar refractivity (Wildman–Crippen MR) is 129 cm³/mol. The molecule has 0 atom stereocenters. The Kier molecular flexibility index (Phi) is 7.13. The summed E-state index contributed by atoms with van der Waals surface area (Å²) in [6.45, 7) is 6.62. The molecule has 0 spiro atoms. The third-order valence-corrected chi connectivity index (χ3v) is 6.87. The van der Waals surface area contributed by atoms with Crippen molar-refractivity contribution in [3.8, 4) is 0 Å². The molecule has 2 aliphatic heterocycles. The van der Waals surface area contributed by atoms with E-state index < -0.39 is 5.41 Å². The smallest absolute Gasteiger partial charge is 0.313 e. The van der Waals surface area contributed by atoms with E-state index in [-0.39, 0.29) is 11.9 Å². The lowest BCUT2D eigenvalue weighted by molar-refractivity contribution is -0.156. The lowest BCUT2D eigenvalue weighted by atomic mass is 9.78. The number of fused-ring (bicyclic) bond motifs is 1. The Morgan fingerprint density at radius 3 is 2.64 bits per heavy atom. The molecule has 2 aliphatic rings. The second-order valence-corrected chi connectivity index (χ2v) is 8.96. The number of guanidine groups is 1. The van der Waals surface area contributed by atoms with Crippen LogP contribution < -0.4 is 16.0 Å². The largest absolute Gasteiger partial charge is 0.466 e. The highest BCUT2D eigenvalue weighted by molar-refractivity contribution is 5.78. The SMILES string of the molecule is CCOC(=O)C1(CNCc2ccc3c(c2)CN(C(=N)N)CC3)CCN(c2ccncc2)CC1. The summed E-state index contributed by atoms with van der Waals surface area (Å²) in [6, 6.07) is 10.6. The van der Waals surface area contributed by atoms with Crippen molar-refractivity contribution in [2.24, 2.45) is 11.1 Å². The first kappa shape index (κ1) is 23.0. The third kappa shape index (κ3) is 5.27. The lowest BCUT2D eigenvalue weighted by Gasteiger charge is -2.41. The van der Waals surface area contributed by atoms with Gasteiger partial charge in [0.05, 0.1) is 12.0 Å². The number of rotatable bonds is 7. The average Bonchev–Trinajstić information content (AvgIpc) is 2.84. The van der Waals surface area contributed by atoms with Crippen molar-refractivity contribution in [2.75, 3.05) is 37.7 Å². The van der Waals surface area contributed by atoms with E-state index >= 15 is 0 Å². The highest BCUT2D eigenvalue weighted by Gasteiger charge is 2.42. The van der Waals surface area contributed by atoms with Gasteiger partial charge >= 0.3 is 5.97 Å². The lowest BCUT2D eigenvalue weighted by Crippen LogP contribution is -2.50. The summed E-state index contributed by atoms with van der Waals surface area (Å²) < 4.78 is 5.49. The van der Waals surface area contributed by atoms with Crippen LogP contribution >= 0.6 is 0 Å². The number of hydrogen-bond donors (Lipinski definition) is 3. The van der Waals surface area contributed by atoms with Gasteiger partial charge < -0.3 is 25.6 Å². The van der Waals surface area contributed by atoms with Crippen molar-refractivity contribution in [1.82, 2.24) is 15.2 Å². The molecule has 4 N–H and O–H groups in total. The molecule has 176 valence electrons. The van der Waals surface area contributed by atoms with E-state index in [4.69, 9.17) is 15.9 Å². The molecule has 1 aromatic heterocycles. The number of ether oxygens (including phenoxy) is 1. The Balaban J connectivity index is 1.39. The molecule has 4 rings (SSSR count). The van der Waals surface area contributed by atoms with Crippen LogP contribution in [-0.4, -0.2) is 54.6 Å². The van der Waals surface area contributed by atoms with Gasteiger partial charge in [-0.25, -0.2) is 0 Å². The molecule has 0 saturated carbocycles. The molecular weight excluding hydrogens is 416 g/mol. The quantitative estimate of drug-likeness (QED) is 0.337. The van der Waals surface area contributed by atoms with Crippen molar-refractivity contribution in [1.29, 1.82) is 5.41 Å². The maximum absolute atomic E-state index is 13.0. The van der Waals surface area contributed by atoms with E-state index in [2.05, 4.69) is 33.4 Å². The van der Waals surface area contributed by atoms with Gasteiger partial charge in [-0.1, -0.05) is 18.2 Å². The first-order chi connectivity index (χ1) is 16.0. The van der Waals surface area contributed by atoms with Crippen LogP contribution in [0, 0.1) is 10.8 Å². The summed E-state index contributed by atoms with van der Waals surface area (Å²) in [7, 11) is 0. The number of piperidine rings is 1. The van der Waals surface area contributed by atoms with Gasteiger partial charge in [-0.15, -0.1) is 0 Å². The van der Waals surface area contributed by atoms with E-state index in [1.807, 2.05) is 24.0 Å². The predicted octanol–water partition coefficient (Wildman–Crippen LogP) is 2.27. The number of esters is 1. The number of hydrogen-bond acceptors (Lipinski definition) is 6. The maximum Gasteiger partial charge on any atom is 0.313 e. The van der Waals surface area contributed by atoms with Crippen LogP contribution in [0.1, 0.15) is 36.5 Å². The molecule has 0 amide bonds. The zero-order chi connectivity index (χ0) is 23.3. The van der Waals surface area contributed by atoms with E-state index in [0.29, 0.717) is 26.2 Å². The van der Waals surface area contributed by atoms with Gasteiger partial charge in [-0.3, -0.25) is 15.2 Å². The minimum absolute atomic E-state index is 0.102. The molecule has 8 nitrogen and oxygen atoms in total. The number of aromatic nitrogens is 1. The minimum Gasteiger partial charge on any atom is -0.466 e. The van der Waals surface area contributed by atoms with Gasteiger partial charge in [-0.2, -0.15) is 0 Å². The van der Waals surface area contributed by atoms with Crippen LogP contribution in [0.15, 0.2) is 42.7 Å². The van der Waals surface area contributed by atoms with Gasteiger partial charge in [0, 0.05) is 57.3 Å². The van der Waals surface area contributed by atoms with E-state index in [9.17, 15) is 4.79 Å². The maximum atomic E-state index is 13.0. The van der Waals surface area contributed by atoms with Crippen LogP contribution in [0.2, 0.25) is 0 Å². The van der Waals surface area contributed by atoms with Gasteiger partial charge in [0.2, 0.25) is 0 Å². The van der Waals surface area contributed by atoms with Crippen LogP contribution in [0.3, 0.4) is 0 Å². The van der Waals surface area contributed by atoms with Gasteiger partial charge in [-0.05, 0) is 55.0 Å². The number of nitrogens with one attached hydrogen (secondary N) is 2. The summed E-state index contributed by atoms with van der Waals surface area (Å²) in [5.41, 5.74) is 10.0. The molecule has 8 heteroatoms. The fourth-order valence-electron chi connectivity index (χ4n) is 4.86. The topological polar surface area (TPSA) is 108 Å². The molecule has 33 heavy (non-hydrogen) atoms. The number of carbonyl (C=O) groups is 1. The molecule has 0 aliphatic carbocycles. The average molecular weight is 451 g/mol.